The number of nitrogens with zero attached hydrogens (tertiary/aromatic N) is 1. The van der Waals surface area contributed by atoms with Crippen LogP contribution in [-0.4, -0.2) is 54.8 Å². The molecule has 1 fully saturated rings. The van der Waals surface area contributed by atoms with Gasteiger partial charge in [-0.3, -0.25) is 14.4 Å². The first kappa shape index (κ1) is 23.7. The van der Waals surface area contributed by atoms with Crippen molar-refractivity contribution < 1.29 is 23.2 Å². The van der Waals surface area contributed by atoms with E-state index in [4.69, 9.17) is 5.73 Å². The number of halogens is 2. The van der Waals surface area contributed by atoms with Gasteiger partial charge in [-0.2, -0.15) is 0 Å². The highest BCUT2D eigenvalue weighted by Crippen LogP contribution is 2.16. The summed E-state index contributed by atoms with van der Waals surface area (Å²) in [4.78, 5) is 38.3. The van der Waals surface area contributed by atoms with E-state index in [1.165, 1.54) is 6.07 Å². The van der Waals surface area contributed by atoms with E-state index in [-0.39, 0.29) is 17.7 Å². The Morgan fingerprint density at radius 2 is 1.90 bits per heavy atom. The quantitative estimate of drug-likeness (QED) is 0.522. The average molecular weight is 424 g/mol. The Balaban J connectivity index is 1.84. The maximum atomic E-state index is 13.8. The zero-order valence-electron chi connectivity index (χ0n) is 17.4. The highest BCUT2D eigenvalue weighted by Gasteiger charge is 2.27. The number of hydrogen-bond acceptors (Lipinski definition) is 4. The van der Waals surface area contributed by atoms with Gasteiger partial charge in [0.05, 0.1) is 5.92 Å². The van der Waals surface area contributed by atoms with Crippen LogP contribution in [-0.2, 0) is 9.59 Å². The second kappa shape index (κ2) is 11.0. The Morgan fingerprint density at radius 1 is 1.23 bits per heavy atom. The average Bonchev–Trinajstić information content (AvgIpc) is 2.69. The Hall–Kier alpha value is -2.55. The molecule has 30 heavy (non-hydrogen) atoms. The predicted octanol–water partition coefficient (Wildman–Crippen LogP) is 1.42. The lowest BCUT2D eigenvalue weighted by atomic mass is 9.97. The molecular weight excluding hydrogens is 394 g/mol. The fourth-order valence-corrected chi connectivity index (χ4v) is 3.58. The summed E-state index contributed by atoms with van der Waals surface area (Å²) >= 11 is 0. The largest absolute Gasteiger partial charge is 0.369 e. The molecule has 1 heterocycles. The predicted molar refractivity (Wildman–Crippen MR) is 108 cm³/mol. The number of carbonyl (C=O) groups is 3. The van der Waals surface area contributed by atoms with Gasteiger partial charge in [-0.05, 0) is 50.4 Å². The highest BCUT2D eigenvalue weighted by molar-refractivity contribution is 5.98. The van der Waals surface area contributed by atoms with Crippen molar-refractivity contribution in [2.75, 3.05) is 26.2 Å². The van der Waals surface area contributed by atoms with Crippen LogP contribution in [0.1, 0.15) is 43.5 Å². The van der Waals surface area contributed by atoms with Crippen molar-refractivity contribution in [3.8, 4) is 0 Å². The van der Waals surface area contributed by atoms with E-state index < -0.39 is 35.1 Å². The third kappa shape index (κ3) is 6.48. The first-order valence-electron chi connectivity index (χ1n) is 10.2. The van der Waals surface area contributed by atoms with Crippen molar-refractivity contribution in [2.24, 2.45) is 17.6 Å². The molecule has 1 aliphatic rings. The van der Waals surface area contributed by atoms with Gasteiger partial charge in [-0.15, -0.1) is 0 Å². The monoisotopic (exact) mass is 424 g/mol. The van der Waals surface area contributed by atoms with Gasteiger partial charge in [0.1, 0.15) is 23.2 Å². The van der Waals surface area contributed by atoms with Crippen LogP contribution in [0.2, 0.25) is 0 Å². The van der Waals surface area contributed by atoms with E-state index in [1.54, 1.807) is 13.8 Å². The number of carbonyl (C=O) groups excluding carboxylic acids is 3. The topological polar surface area (TPSA) is 105 Å². The lowest BCUT2D eigenvalue weighted by molar-refractivity contribution is -0.124. The normalized spacial score (nSPS) is 18.1. The molecule has 166 valence electrons. The number of likely N-dealkylation sites (tertiary alicyclic amines) is 1. The Morgan fingerprint density at radius 3 is 2.50 bits per heavy atom. The number of rotatable bonds is 9. The molecule has 1 saturated heterocycles. The molecule has 3 amide bonds. The van der Waals surface area contributed by atoms with Crippen LogP contribution in [0.5, 0.6) is 0 Å². The van der Waals surface area contributed by atoms with Crippen LogP contribution in [0.4, 0.5) is 8.78 Å². The Bertz CT molecular complexity index is 752. The molecule has 7 nitrogen and oxygen atoms in total. The van der Waals surface area contributed by atoms with E-state index in [2.05, 4.69) is 15.5 Å². The maximum absolute atomic E-state index is 13.8. The second-order valence-electron chi connectivity index (χ2n) is 7.98. The number of benzene rings is 1. The summed E-state index contributed by atoms with van der Waals surface area (Å²) in [5.41, 5.74) is 4.68. The van der Waals surface area contributed by atoms with Crippen LogP contribution in [0.3, 0.4) is 0 Å². The molecule has 4 N–H and O–H groups in total. The first-order chi connectivity index (χ1) is 14.2. The van der Waals surface area contributed by atoms with Crippen molar-refractivity contribution in [3.63, 3.8) is 0 Å². The van der Waals surface area contributed by atoms with Gasteiger partial charge in [-0.25, -0.2) is 8.78 Å². The lowest BCUT2D eigenvalue weighted by Crippen LogP contribution is -2.50. The minimum absolute atomic E-state index is 0.132. The molecule has 2 rings (SSSR count). The molecule has 1 aromatic rings. The molecule has 0 bridgehead atoms. The molecule has 1 unspecified atom stereocenters. The molecule has 0 radical (unpaired) electrons. The highest BCUT2D eigenvalue weighted by atomic mass is 19.1. The van der Waals surface area contributed by atoms with Gasteiger partial charge in [0.2, 0.25) is 11.8 Å². The van der Waals surface area contributed by atoms with E-state index in [1.807, 2.05) is 0 Å². The van der Waals surface area contributed by atoms with Crippen LogP contribution in [0.15, 0.2) is 18.2 Å². The minimum atomic E-state index is -0.980. The van der Waals surface area contributed by atoms with Gasteiger partial charge in [-0.1, -0.05) is 19.9 Å². The zero-order chi connectivity index (χ0) is 22.3. The first-order valence-corrected chi connectivity index (χ1v) is 10.2. The molecular formula is C21H30F2N4O3. The number of nitrogens with one attached hydrogen (secondary N) is 2. The van der Waals surface area contributed by atoms with E-state index in [9.17, 15) is 23.2 Å². The van der Waals surface area contributed by atoms with Crippen LogP contribution < -0.4 is 16.4 Å². The van der Waals surface area contributed by atoms with E-state index in [0.29, 0.717) is 26.1 Å². The Kier molecular flexibility index (Phi) is 8.71. The molecule has 1 aromatic carbocycles. The number of amides is 3. The number of hydrogen-bond donors (Lipinski definition) is 3. The molecule has 9 heteroatoms. The van der Waals surface area contributed by atoms with Crippen molar-refractivity contribution >= 4 is 17.7 Å². The van der Waals surface area contributed by atoms with Crippen LogP contribution >= 0.6 is 0 Å². The maximum Gasteiger partial charge on any atom is 0.257 e. The third-order valence-electron chi connectivity index (χ3n) is 5.28. The smallest absolute Gasteiger partial charge is 0.257 e. The summed E-state index contributed by atoms with van der Waals surface area (Å²) in [6.07, 6.45) is 2.38. The molecule has 0 saturated carbocycles. The summed E-state index contributed by atoms with van der Waals surface area (Å²) in [5.74, 6) is -4.03. The Labute approximate surface area is 175 Å². The fourth-order valence-electron chi connectivity index (χ4n) is 3.58. The lowest BCUT2D eigenvalue weighted by Gasteiger charge is -2.31. The standard InChI is InChI=1S/C21H30F2N4O3/c1-13(2)18(26-20(29)17-15(22)7-3-8-16(17)23)21(30)25-9-5-11-27-10-4-6-14(12-27)19(24)28/h3,7-8,13-14,18H,4-6,9-12H2,1-2H3,(H2,24,28)(H,25,30)(H,26,29)/t14?,18-/m0/s1. The molecule has 0 aromatic heterocycles. The number of nitrogens with two attached hydrogens (primary N) is 1. The van der Waals surface area contributed by atoms with Crippen LogP contribution in [0.25, 0.3) is 0 Å². The number of piperidine rings is 1. The van der Waals surface area contributed by atoms with Gasteiger partial charge < -0.3 is 21.3 Å². The molecule has 0 spiro atoms. The molecule has 2 atom stereocenters. The van der Waals surface area contributed by atoms with Gasteiger partial charge in [0, 0.05) is 13.1 Å². The number of primary amides is 1. The van der Waals surface area contributed by atoms with E-state index >= 15 is 0 Å². The van der Waals surface area contributed by atoms with Crippen LogP contribution in [0, 0.1) is 23.5 Å². The van der Waals surface area contributed by atoms with Gasteiger partial charge in [0.25, 0.3) is 5.91 Å². The van der Waals surface area contributed by atoms with Crippen molar-refractivity contribution in [1.82, 2.24) is 15.5 Å². The zero-order valence-corrected chi connectivity index (χ0v) is 17.4. The fraction of sp³-hybridized carbons (Fsp3) is 0.571. The van der Waals surface area contributed by atoms with Gasteiger partial charge in [0.15, 0.2) is 0 Å². The summed E-state index contributed by atoms with van der Waals surface area (Å²) in [6, 6.07) is 2.23. The third-order valence-corrected chi connectivity index (χ3v) is 5.28. The molecule has 0 aliphatic carbocycles. The van der Waals surface area contributed by atoms with Gasteiger partial charge >= 0.3 is 0 Å². The summed E-state index contributed by atoms with van der Waals surface area (Å²) in [6.45, 7) is 6.07. The van der Waals surface area contributed by atoms with Crippen molar-refractivity contribution in [2.45, 2.75) is 39.2 Å². The summed E-state index contributed by atoms with van der Waals surface area (Å²) in [5, 5.41) is 5.19. The minimum Gasteiger partial charge on any atom is -0.369 e. The second-order valence-corrected chi connectivity index (χ2v) is 7.98. The molecule has 1 aliphatic heterocycles. The van der Waals surface area contributed by atoms with Crippen molar-refractivity contribution in [1.29, 1.82) is 0 Å². The SMILES string of the molecule is CC(C)[C@H](NC(=O)c1c(F)cccc1F)C(=O)NCCCN1CCCC(C(N)=O)C1. The van der Waals surface area contributed by atoms with Crippen molar-refractivity contribution in [3.05, 3.63) is 35.4 Å². The summed E-state index contributed by atoms with van der Waals surface area (Å²) < 4.78 is 27.6. The van der Waals surface area contributed by atoms with E-state index in [0.717, 1.165) is 31.5 Å². The summed E-state index contributed by atoms with van der Waals surface area (Å²) in [7, 11) is 0.